The molecule has 3 nitrogen and oxygen atoms in total. The fourth-order valence-electron chi connectivity index (χ4n) is 1.62. The van der Waals surface area contributed by atoms with Crippen LogP contribution in [0.25, 0.3) is 6.08 Å². The van der Waals surface area contributed by atoms with E-state index in [9.17, 15) is 9.90 Å². The SMILES string of the molecule is CN(Cc1ccc(O)cc1)C(=O)/C=C/c1cccs1. The van der Waals surface area contributed by atoms with Gasteiger partial charge in [-0.25, -0.2) is 0 Å². The topological polar surface area (TPSA) is 40.5 Å². The molecule has 19 heavy (non-hydrogen) atoms. The summed E-state index contributed by atoms with van der Waals surface area (Å²) >= 11 is 1.60. The molecule has 2 rings (SSSR count). The highest BCUT2D eigenvalue weighted by atomic mass is 32.1. The second kappa shape index (κ2) is 6.20. The number of rotatable bonds is 4. The van der Waals surface area contributed by atoms with Gasteiger partial charge in [0.1, 0.15) is 5.75 Å². The van der Waals surface area contributed by atoms with Crippen LogP contribution in [-0.4, -0.2) is 23.0 Å². The van der Waals surface area contributed by atoms with E-state index in [1.54, 1.807) is 41.5 Å². The highest BCUT2D eigenvalue weighted by molar-refractivity contribution is 7.10. The van der Waals surface area contributed by atoms with Gasteiger partial charge in [0.05, 0.1) is 0 Å². The molecule has 1 N–H and O–H groups in total. The molecule has 4 heteroatoms. The number of thiophene rings is 1. The molecule has 0 aliphatic carbocycles. The minimum Gasteiger partial charge on any atom is -0.508 e. The van der Waals surface area contributed by atoms with Crippen molar-refractivity contribution in [2.45, 2.75) is 6.54 Å². The third-order valence-corrected chi connectivity index (χ3v) is 3.50. The number of carbonyl (C=O) groups excluding carboxylic acids is 1. The van der Waals surface area contributed by atoms with Crippen LogP contribution in [0.3, 0.4) is 0 Å². The molecule has 2 aromatic rings. The first-order chi connectivity index (χ1) is 9.15. The van der Waals surface area contributed by atoms with Crippen LogP contribution >= 0.6 is 11.3 Å². The number of amides is 1. The number of likely N-dealkylation sites (N-methyl/N-ethyl adjacent to an activating group) is 1. The van der Waals surface area contributed by atoms with E-state index in [0.717, 1.165) is 10.4 Å². The molecule has 0 unspecified atom stereocenters. The molecule has 1 aromatic carbocycles. The Kier molecular flexibility index (Phi) is 4.36. The fourth-order valence-corrected chi connectivity index (χ4v) is 2.24. The molecule has 0 radical (unpaired) electrons. The molecule has 0 saturated carbocycles. The minimum atomic E-state index is -0.0403. The maximum Gasteiger partial charge on any atom is 0.246 e. The normalized spacial score (nSPS) is 10.8. The van der Waals surface area contributed by atoms with Gasteiger partial charge >= 0.3 is 0 Å². The number of hydrogen-bond donors (Lipinski definition) is 1. The zero-order valence-electron chi connectivity index (χ0n) is 10.6. The van der Waals surface area contributed by atoms with Gasteiger partial charge in [0.25, 0.3) is 0 Å². The van der Waals surface area contributed by atoms with Gasteiger partial charge in [-0.1, -0.05) is 18.2 Å². The molecule has 1 aromatic heterocycles. The van der Waals surface area contributed by atoms with Crippen LogP contribution in [0.4, 0.5) is 0 Å². The van der Waals surface area contributed by atoms with E-state index in [0.29, 0.717) is 6.54 Å². The van der Waals surface area contributed by atoms with Crippen LogP contribution in [0, 0.1) is 0 Å². The summed E-state index contributed by atoms with van der Waals surface area (Å²) in [5.74, 6) is 0.191. The summed E-state index contributed by atoms with van der Waals surface area (Å²) in [7, 11) is 1.76. The maximum absolute atomic E-state index is 11.9. The predicted molar refractivity (Wildman–Crippen MR) is 77.9 cm³/mol. The Morgan fingerprint density at radius 3 is 2.68 bits per heavy atom. The van der Waals surface area contributed by atoms with Crippen molar-refractivity contribution in [3.05, 3.63) is 58.3 Å². The third kappa shape index (κ3) is 3.96. The van der Waals surface area contributed by atoms with Gasteiger partial charge < -0.3 is 10.0 Å². The molecule has 0 fully saturated rings. The number of hydrogen-bond acceptors (Lipinski definition) is 3. The van der Waals surface area contributed by atoms with Crippen LogP contribution in [-0.2, 0) is 11.3 Å². The molecular formula is C15H15NO2S. The summed E-state index contributed by atoms with van der Waals surface area (Å²) < 4.78 is 0. The van der Waals surface area contributed by atoms with Crippen molar-refractivity contribution in [2.75, 3.05) is 7.05 Å². The molecule has 0 atom stereocenters. The zero-order valence-corrected chi connectivity index (χ0v) is 11.4. The molecule has 98 valence electrons. The van der Waals surface area contributed by atoms with Gasteiger partial charge in [0.2, 0.25) is 5.91 Å². The quantitative estimate of drug-likeness (QED) is 0.869. The Hall–Kier alpha value is -2.07. The largest absolute Gasteiger partial charge is 0.508 e. The number of aromatic hydroxyl groups is 1. The van der Waals surface area contributed by atoms with Crippen molar-refractivity contribution in [3.63, 3.8) is 0 Å². The van der Waals surface area contributed by atoms with Gasteiger partial charge in [-0.3, -0.25) is 4.79 Å². The average Bonchev–Trinajstić information content (AvgIpc) is 2.91. The Balaban J connectivity index is 1.94. The Bertz CT molecular complexity index is 558. The fraction of sp³-hybridized carbons (Fsp3) is 0.133. The van der Waals surface area contributed by atoms with Crippen molar-refractivity contribution in [2.24, 2.45) is 0 Å². The van der Waals surface area contributed by atoms with Crippen LogP contribution in [0.1, 0.15) is 10.4 Å². The van der Waals surface area contributed by atoms with Crippen molar-refractivity contribution in [1.82, 2.24) is 4.90 Å². The monoisotopic (exact) mass is 273 g/mol. The van der Waals surface area contributed by atoms with Gasteiger partial charge in [-0.2, -0.15) is 0 Å². The maximum atomic E-state index is 11.9. The van der Waals surface area contributed by atoms with Crippen LogP contribution < -0.4 is 0 Å². The second-order valence-electron chi connectivity index (χ2n) is 4.21. The second-order valence-corrected chi connectivity index (χ2v) is 5.19. The van der Waals surface area contributed by atoms with Gasteiger partial charge in [-0.15, -0.1) is 11.3 Å². The lowest BCUT2D eigenvalue weighted by Crippen LogP contribution is -2.23. The van der Waals surface area contributed by atoms with E-state index in [-0.39, 0.29) is 11.7 Å². The highest BCUT2D eigenvalue weighted by Crippen LogP contribution is 2.12. The number of benzene rings is 1. The van der Waals surface area contributed by atoms with Crippen molar-refractivity contribution < 1.29 is 9.90 Å². The lowest BCUT2D eigenvalue weighted by Gasteiger charge is -2.15. The first-order valence-corrected chi connectivity index (χ1v) is 6.78. The summed E-state index contributed by atoms with van der Waals surface area (Å²) in [5, 5.41) is 11.2. The summed E-state index contributed by atoms with van der Waals surface area (Å²) in [5.41, 5.74) is 0.984. The first-order valence-electron chi connectivity index (χ1n) is 5.90. The van der Waals surface area contributed by atoms with Crippen LogP contribution in [0.2, 0.25) is 0 Å². The van der Waals surface area contributed by atoms with E-state index < -0.39 is 0 Å². The highest BCUT2D eigenvalue weighted by Gasteiger charge is 2.05. The average molecular weight is 273 g/mol. The first kappa shape index (κ1) is 13.4. The Labute approximate surface area is 116 Å². The molecule has 0 aliphatic heterocycles. The van der Waals surface area contributed by atoms with E-state index in [1.165, 1.54) is 0 Å². The Morgan fingerprint density at radius 1 is 1.32 bits per heavy atom. The van der Waals surface area contributed by atoms with Crippen LogP contribution in [0.5, 0.6) is 5.75 Å². The van der Waals surface area contributed by atoms with E-state index in [2.05, 4.69) is 0 Å². The van der Waals surface area contributed by atoms with Crippen molar-refractivity contribution in [1.29, 1.82) is 0 Å². The minimum absolute atomic E-state index is 0.0403. The summed E-state index contributed by atoms with van der Waals surface area (Å²) in [6, 6.07) is 10.8. The van der Waals surface area contributed by atoms with Crippen LogP contribution in [0.15, 0.2) is 47.9 Å². The summed E-state index contributed by atoms with van der Waals surface area (Å²) in [6.07, 6.45) is 3.40. The molecular weight excluding hydrogens is 258 g/mol. The third-order valence-electron chi connectivity index (χ3n) is 2.67. The number of phenolic OH excluding ortho intramolecular Hbond substituents is 1. The number of nitrogens with zero attached hydrogens (tertiary/aromatic N) is 1. The zero-order chi connectivity index (χ0) is 13.7. The van der Waals surface area contributed by atoms with Crippen molar-refractivity contribution in [3.8, 4) is 5.75 Å². The lowest BCUT2D eigenvalue weighted by molar-refractivity contribution is -0.125. The molecule has 1 heterocycles. The molecule has 0 saturated heterocycles. The molecule has 0 spiro atoms. The van der Waals surface area contributed by atoms with E-state index in [4.69, 9.17) is 0 Å². The van der Waals surface area contributed by atoms with Crippen molar-refractivity contribution >= 4 is 23.3 Å². The molecule has 1 amide bonds. The molecule has 0 aliphatic rings. The number of phenols is 1. The standard InChI is InChI=1S/C15H15NO2S/c1-16(11-12-4-6-13(17)7-5-12)15(18)9-8-14-3-2-10-19-14/h2-10,17H,11H2,1H3/b9-8+. The Morgan fingerprint density at radius 2 is 2.05 bits per heavy atom. The summed E-state index contributed by atoms with van der Waals surface area (Å²) in [4.78, 5) is 14.6. The number of carbonyl (C=O) groups is 1. The van der Waals surface area contributed by atoms with Gasteiger partial charge in [0.15, 0.2) is 0 Å². The summed E-state index contributed by atoms with van der Waals surface area (Å²) in [6.45, 7) is 0.522. The van der Waals surface area contributed by atoms with Gasteiger partial charge in [-0.05, 0) is 35.2 Å². The molecule has 0 bridgehead atoms. The van der Waals surface area contributed by atoms with E-state index in [1.807, 2.05) is 35.7 Å². The smallest absolute Gasteiger partial charge is 0.246 e. The van der Waals surface area contributed by atoms with Gasteiger partial charge in [0, 0.05) is 24.5 Å². The van der Waals surface area contributed by atoms with E-state index >= 15 is 0 Å². The lowest BCUT2D eigenvalue weighted by atomic mass is 10.2. The predicted octanol–water partition coefficient (Wildman–Crippen LogP) is 3.13.